The number of anilines is 3. The largest absolute Gasteiger partial charge is 0.493 e. The fourth-order valence-corrected chi connectivity index (χ4v) is 1.92. The molecule has 1 atom stereocenters. The standard InChI is InChI=1S/C16H22N4O2/c1-5-11(2)19-15-9-16(18-10-17-15)20-12-6-7-13(21-3)14(8-12)22-4/h6-11H,5H2,1-4H3,(H2,17,18,19,20). The summed E-state index contributed by atoms with van der Waals surface area (Å²) in [6.45, 7) is 4.24. The number of aromatic nitrogens is 2. The predicted molar refractivity (Wildman–Crippen MR) is 88.2 cm³/mol. The zero-order valence-corrected chi connectivity index (χ0v) is 13.4. The average Bonchev–Trinajstić information content (AvgIpc) is 2.55. The first-order valence-corrected chi connectivity index (χ1v) is 7.24. The van der Waals surface area contributed by atoms with Gasteiger partial charge in [-0.3, -0.25) is 0 Å². The summed E-state index contributed by atoms with van der Waals surface area (Å²) in [5, 5.41) is 6.56. The van der Waals surface area contributed by atoms with Gasteiger partial charge in [-0.05, 0) is 25.5 Å². The van der Waals surface area contributed by atoms with Gasteiger partial charge in [0.25, 0.3) is 0 Å². The highest BCUT2D eigenvalue weighted by molar-refractivity contribution is 5.62. The summed E-state index contributed by atoms with van der Waals surface area (Å²) in [5.41, 5.74) is 0.867. The van der Waals surface area contributed by atoms with Crippen LogP contribution in [0.3, 0.4) is 0 Å². The van der Waals surface area contributed by atoms with Crippen molar-refractivity contribution in [1.82, 2.24) is 9.97 Å². The lowest BCUT2D eigenvalue weighted by atomic mass is 10.2. The van der Waals surface area contributed by atoms with Gasteiger partial charge in [0, 0.05) is 23.9 Å². The molecule has 0 amide bonds. The molecule has 0 spiro atoms. The van der Waals surface area contributed by atoms with Crippen LogP contribution in [0.25, 0.3) is 0 Å². The maximum atomic E-state index is 5.30. The molecule has 6 heteroatoms. The van der Waals surface area contributed by atoms with Gasteiger partial charge >= 0.3 is 0 Å². The Bertz CT molecular complexity index is 619. The third-order valence-electron chi connectivity index (χ3n) is 3.33. The van der Waals surface area contributed by atoms with Crippen LogP contribution in [0.1, 0.15) is 20.3 Å². The molecule has 1 heterocycles. The minimum atomic E-state index is 0.365. The van der Waals surface area contributed by atoms with Crippen molar-refractivity contribution >= 4 is 17.3 Å². The molecule has 118 valence electrons. The van der Waals surface area contributed by atoms with Crippen LogP contribution in [0.15, 0.2) is 30.6 Å². The third-order valence-corrected chi connectivity index (χ3v) is 3.33. The quantitative estimate of drug-likeness (QED) is 0.816. The lowest BCUT2D eigenvalue weighted by Gasteiger charge is -2.13. The van der Waals surface area contributed by atoms with Crippen LogP contribution in [-0.4, -0.2) is 30.2 Å². The molecule has 0 saturated carbocycles. The Morgan fingerprint density at radius 3 is 2.45 bits per heavy atom. The van der Waals surface area contributed by atoms with E-state index in [9.17, 15) is 0 Å². The van der Waals surface area contributed by atoms with Crippen molar-refractivity contribution in [2.75, 3.05) is 24.9 Å². The van der Waals surface area contributed by atoms with E-state index in [0.29, 0.717) is 23.4 Å². The summed E-state index contributed by atoms with van der Waals surface area (Å²) in [6, 6.07) is 7.86. The molecule has 0 saturated heterocycles. The van der Waals surface area contributed by atoms with Gasteiger partial charge in [-0.2, -0.15) is 0 Å². The van der Waals surface area contributed by atoms with E-state index in [2.05, 4.69) is 34.4 Å². The van der Waals surface area contributed by atoms with Crippen LogP contribution in [0.5, 0.6) is 11.5 Å². The zero-order chi connectivity index (χ0) is 15.9. The van der Waals surface area contributed by atoms with E-state index < -0.39 is 0 Å². The Labute approximate surface area is 130 Å². The van der Waals surface area contributed by atoms with Gasteiger partial charge in [0.1, 0.15) is 18.0 Å². The SMILES string of the molecule is CCC(C)Nc1cc(Nc2ccc(OC)c(OC)c2)ncn1. The summed E-state index contributed by atoms with van der Waals surface area (Å²) in [7, 11) is 3.22. The van der Waals surface area contributed by atoms with E-state index in [1.54, 1.807) is 14.2 Å². The second-order valence-corrected chi connectivity index (χ2v) is 4.94. The molecule has 0 bridgehead atoms. The maximum absolute atomic E-state index is 5.30. The summed E-state index contributed by atoms with van der Waals surface area (Å²) in [4.78, 5) is 8.45. The zero-order valence-electron chi connectivity index (χ0n) is 13.4. The van der Waals surface area contributed by atoms with Crippen molar-refractivity contribution < 1.29 is 9.47 Å². The van der Waals surface area contributed by atoms with Gasteiger partial charge < -0.3 is 20.1 Å². The smallest absolute Gasteiger partial charge is 0.162 e. The van der Waals surface area contributed by atoms with Crippen molar-refractivity contribution in [3.63, 3.8) is 0 Å². The third kappa shape index (κ3) is 4.00. The monoisotopic (exact) mass is 302 g/mol. The van der Waals surface area contributed by atoms with Gasteiger partial charge in [-0.1, -0.05) is 6.92 Å². The molecular weight excluding hydrogens is 280 g/mol. The molecule has 1 unspecified atom stereocenters. The van der Waals surface area contributed by atoms with Crippen molar-refractivity contribution in [2.45, 2.75) is 26.3 Å². The first-order chi connectivity index (χ1) is 10.7. The fraction of sp³-hybridized carbons (Fsp3) is 0.375. The minimum absolute atomic E-state index is 0.365. The van der Waals surface area contributed by atoms with Gasteiger partial charge in [0.15, 0.2) is 11.5 Å². The summed E-state index contributed by atoms with van der Waals surface area (Å²) < 4.78 is 10.5. The predicted octanol–water partition coefficient (Wildman–Crippen LogP) is 3.45. The first kappa shape index (κ1) is 15.9. The number of hydrogen-bond acceptors (Lipinski definition) is 6. The fourth-order valence-electron chi connectivity index (χ4n) is 1.92. The van der Waals surface area contributed by atoms with Crippen LogP contribution in [-0.2, 0) is 0 Å². The molecular formula is C16H22N4O2. The van der Waals surface area contributed by atoms with Crippen molar-refractivity contribution in [1.29, 1.82) is 0 Å². The van der Waals surface area contributed by atoms with Gasteiger partial charge in [-0.15, -0.1) is 0 Å². The number of ether oxygens (including phenoxy) is 2. The van der Waals surface area contributed by atoms with Crippen molar-refractivity contribution in [2.24, 2.45) is 0 Å². The molecule has 0 aliphatic rings. The van der Waals surface area contributed by atoms with Gasteiger partial charge in [-0.25, -0.2) is 9.97 Å². The van der Waals surface area contributed by atoms with E-state index in [4.69, 9.17) is 9.47 Å². The maximum Gasteiger partial charge on any atom is 0.162 e. The summed E-state index contributed by atoms with van der Waals surface area (Å²) in [6.07, 6.45) is 2.57. The number of benzene rings is 1. The Balaban J connectivity index is 2.15. The molecule has 2 aromatic rings. The molecule has 0 aliphatic heterocycles. The normalized spacial score (nSPS) is 11.6. The van der Waals surface area contributed by atoms with E-state index in [0.717, 1.165) is 17.9 Å². The molecule has 2 N–H and O–H groups in total. The van der Waals surface area contributed by atoms with E-state index in [-0.39, 0.29) is 0 Å². The lowest BCUT2D eigenvalue weighted by molar-refractivity contribution is 0.355. The topological polar surface area (TPSA) is 68.3 Å². The highest BCUT2D eigenvalue weighted by Crippen LogP contribution is 2.30. The second kappa shape index (κ2) is 7.49. The molecule has 0 fully saturated rings. The average molecular weight is 302 g/mol. The molecule has 1 aromatic heterocycles. The van der Waals surface area contributed by atoms with Crippen LogP contribution in [0, 0.1) is 0 Å². The highest BCUT2D eigenvalue weighted by Gasteiger charge is 2.06. The number of methoxy groups -OCH3 is 2. The van der Waals surface area contributed by atoms with Gasteiger partial charge in [0.05, 0.1) is 14.2 Å². The van der Waals surface area contributed by atoms with E-state index in [1.807, 2.05) is 24.3 Å². The Hall–Kier alpha value is -2.50. The van der Waals surface area contributed by atoms with Crippen molar-refractivity contribution in [3.05, 3.63) is 30.6 Å². The van der Waals surface area contributed by atoms with E-state index >= 15 is 0 Å². The number of nitrogens with zero attached hydrogens (tertiary/aromatic N) is 2. The summed E-state index contributed by atoms with van der Waals surface area (Å²) in [5.74, 6) is 2.87. The molecule has 0 aliphatic carbocycles. The molecule has 2 rings (SSSR count). The molecule has 6 nitrogen and oxygen atoms in total. The Kier molecular flexibility index (Phi) is 5.41. The lowest BCUT2D eigenvalue weighted by Crippen LogP contribution is -2.14. The van der Waals surface area contributed by atoms with E-state index in [1.165, 1.54) is 6.33 Å². The van der Waals surface area contributed by atoms with Crippen LogP contribution in [0.4, 0.5) is 17.3 Å². The molecule has 0 radical (unpaired) electrons. The second-order valence-electron chi connectivity index (χ2n) is 4.94. The molecule has 22 heavy (non-hydrogen) atoms. The minimum Gasteiger partial charge on any atom is -0.493 e. The van der Waals surface area contributed by atoms with Gasteiger partial charge in [0.2, 0.25) is 0 Å². The van der Waals surface area contributed by atoms with Crippen LogP contribution >= 0.6 is 0 Å². The highest BCUT2D eigenvalue weighted by atomic mass is 16.5. The first-order valence-electron chi connectivity index (χ1n) is 7.24. The number of rotatable bonds is 7. The Morgan fingerprint density at radius 2 is 1.77 bits per heavy atom. The van der Waals surface area contributed by atoms with Crippen LogP contribution < -0.4 is 20.1 Å². The van der Waals surface area contributed by atoms with Crippen molar-refractivity contribution in [3.8, 4) is 11.5 Å². The number of nitrogens with one attached hydrogen (secondary N) is 2. The summed E-state index contributed by atoms with van der Waals surface area (Å²) >= 11 is 0. The molecule has 1 aromatic carbocycles. The number of hydrogen-bond donors (Lipinski definition) is 2. The van der Waals surface area contributed by atoms with Crippen LogP contribution in [0.2, 0.25) is 0 Å². The Morgan fingerprint density at radius 1 is 1.05 bits per heavy atom.